The molecule has 0 spiro atoms. The Kier molecular flexibility index (Phi) is 6.52. The first-order valence-corrected chi connectivity index (χ1v) is 11.5. The fourth-order valence-corrected chi connectivity index (χ4v) is 3.98. The summed E-state index contributed by atoms with van der Waals surface area (Å²) in [6.07, 6.45) is 0. The van der Waals surface area contributed by atoms with Crippen LogP contribution in [-0.2, 0) is 9.53 Å². The molecule has 11 nitrogen and oxygen atoms in total. The summed E-state index contributed by atoms with van der Waals surface area (Å²) in [6, 6.07) is 17.2. The predicted octanol–water partition coefficient (Wildman–Crippen LogP) is 4.36. The van der Waals surface area contributed by atoms with Gasteiger partial charge in [-0.15, -0.1) is 10.2 Å². The molecule has 1 unspecified atom stereocenters. The molecule has 1 aromatic heterocycles. The van der Waals surface area contributed by atoms with Crippen LogP contribution >= 0.6 is 0 Å². The third-order valence-electron chi connectivity index (χ3n) is 6.09. The Morgan fingerprint density at radius 2 is 1.86 bits per heavy atom. The van der Waals surface area contributed by atoms with Crippen LogP contribution in [-0.4, -0.2) is 57.1 Å². The molecule has 1 amide bonds. The minimum absolute atomic E-state index is 0.0711. The summed E-state index contributed by atoms with van der Waals surface area (Å²) in [5.41, 5.74) is 5.47. The number of anilines is 1. The summed E-state index contributed by atoms with van der Waals surface area (Å²) in [4.78, 5) is 13.3. The molecule has 0 saturated heterocycles. The van der Waals surface area contributed by atoms with Crippen molar-refractivity contribution in [3.63, 3.8) is 0 Å². The summed E-state index contributed by atoms with van der Waals surface area (Å²) >= 11 is 0. The molecular weight excluding hydrogens is 472 g/mol. The zero-order valence-electron chi connectivity index (χ0n) is 20.5. The van der Waals surface area contributed by atoms with Crippen molar-refractivity contribution in [3.05, 3.63) is 71.8 Å². The lowest BCUT2D eigenvalue weighted by Gasteiger charge is -2.14. The van der Waals surface area contributed by atoms with Crippen molar-refractivity contribution in [2.45, 2.75) is 19.9 Å². The van der Waals surface area contributed by atoms with Gasteiger partial charge in [-0.1, -0.05) is 36.4 Å². The summed E-state index contributed by atoms with van der Waals surface area (Å²) in [6.45, 7) is 4.10. The van der Waals surface area contributed by atoms with Crippen molar-refractivity contribution in [2.24, 2.45) is 15.3 Å². The minimum atomic E-state index is -0.966. The van der Waals surface area contributed by atoms with Crippen LogP contribution in [0.3, 0.4) is 0 Å². The van der Waals surface area contributed by atoms with E-state index >= 15 is 0 Å². The molecule has 37 heavy (non-hydrogen) atoms. The number of azo groups is 1. The average Bonchev–Trinajstić information content (AvgIpc) is 3.54. The Labute approximate surface area is 212 Å². The highest BCUT2D eigenvalue weighted by molar-refractivity contribution is 6.19. The van der Waals surface area contributed by atoms with Gasteiger partial charge < -0.3 is 9.84 Å². The van der Waals surface area contributed by atoms with E-state index in [4.69, 9.17) is 4.74 Å². The van der Waals surface area contributed by atoms with Crippen molar-refractivity contribution in [3.8, 4) is 28.3 Å². The summed E-state index contributed by atoms with van der Waals surface area (Å²) in [5, 5.41) is 39.3. The van der Waals surface area contributed by atoms with Crippen LogP contribution in [0.15, 0.2) is 76.0 Å². The number of para-hydroxylation sites is 1. The molecule has 3 aromatic carbocycles. The van der Waals surface area contributed by atoms with E-state index in [1.165, 1.54) is 12.1 Å². The van der Waals surface area contributed by atoms with Gasteiger partial charge >= 0.3 is 0 Å². The second-order valence-corrected chi connectivity index (χ2v) is 8.55. The monoisotopic (exact) mass is 496 g/mol. The number of nitrogens with zero attached hydrogens (tertiary/aromatic N) is 7. The Morgan fingerprint density at radius 3 is 2.62 bits per heavy atom. The van der Waals surface area contributed by atoms with Gasteiger partial charge in [0, 0.05) is 18.2 Å². The lowest BCUT2D eigenvalue weighted by molar-refractivity contribution is -0.117. The van der Waals surface area contributed by atoms with Crippen LogP contribution in [0.5, 0.6) is 5.75 Å². The number of aromatic hydroxyl groups is 1. The van der Waals surface area contributed by atoms with Gasteiger partial charge in [-0.3, -0.25) is 4.79 Å². The zero-order chi connectivity index (χ0) is 25.9. The van der Waals surface area contributed by atoms with Gasteiger partial charge in [-0.2, -0.15) is 25.6 Å². The van der Waals surface area contributed by atoms with E-state index in [1.807, 2.05) is 56.3 Å². The second kappa shape index (κ2) is 10.1. The molecule has 0 radical (unpaired) electrons. The molecule has 0 bridgehead atoms. The summed E-state index contributed by atoms with van der Waals surface area (Å²) < 4.78 is 5.25. The number of tetrazole rings is 1. The quantitative estimate of drug-likeness (QED) is 0.364. The zero-order valence-corrected chi connectivity index (χ0v) is 20.5. The SMILES string of the molecule is COCC1=NN(c2ccc(C)c(C)c2)C(=O)C1N=Nc1cccc(-c2cccc(-c3nn[nH]n3)c2)c1O. The predicted molar refractivity (Wildman–Crippen MR) is 138 cm³/mol. The first-order valence-electron chi connectivity index (χ1n) is 11.5. The molecule has 1 atom stereocenters. The van der Waals surface area contributed by atoms with E-state index in [0.717, 1.165) is 22.3 Å². The highest BCUT2D eigenvalue weighted by Gasteiger charge is 2.37. The van der Waals surface area contributed by atoms with Crippen molar-refractivity contribution in [2.75, 3.05) is 18.7 Å². The number of rotatable bonds is 7. The van der Waals surface area contributed by atoms with E-state index in [2.05, 4.69) is 36.0 Å². The third kappa shape index (κ3) is 4.71. The fourth-order valence-electron chi connectivity index (χ4n) is 3.98. The van der Waals surface area contributed by atoms with Gasteiger partial charge in [0.15, 0.2) is 11.8 Å². The lowest BCUT2D eigenvalue weighted by Crippen LogP contribution is -2.31. The molecular formula is C26H24N8O3. The van der Waals surface area contributed by atoms with E-state index < -0.39 is 6.04 Å². The molecule has 1 aliphatic rings. The number of carbonyl (C=O) groups is 1. The van der Waals surface area contributed by atoms with Crippen LogP contribution in [0, 0.1) is 13.8 Å². The van der Waals surface area contributed by atoms with Crippen molar-refractivity contribution < 1.29 is 14.6 Å². The maximum Gasteiger partial charge on any atom is 0.280 e. The second-order valence-electron chi connectivity index (χ2n) is 8.55. The van der Waals surface area contributed by atoms with Crippen molar-refractivity contribution in [1.29, 1.82) is 0 Å². The number of benzene rings is 3. The lowest BCUT2D eigenvalue weighted by atomic mass is 10.0. The number of hydrazone groups is 1. The van der Waals surface area contributed by atoms with Gasteiger partial charge in [0.1, 0.15) is 11.4 Å². The molecule has 4 aromatic rings. The normalized spacial score (nSPS) is 15.5. The Hall–Kier alpha value is -4.77. The number of methoxy groups -OCH3 is 1. The number of aromatic amines is 1. The van der Waals surface area contributed by atoms with Crippen LogP contribution in [0.1, 0.15) is 11.1 Å². The molecule has 0 aliphatic carbocycles. The Balaban J connectivity index is 1.44. The number of nitrogens with one attached hydrogen (secondary N) is 1. The number of aromatic nitrogens is 4. The first kappa shape index (κ1) is 23.9. The van der Waals surface area contributed by atoms with Crippen LogP contribution in [0.2, 0.25) is 0 Å². The Morgan fingerprint density at radius 1 is 1.05 bits per heavy atom. The summed E-state index contributed by atoms with van der Waals surface area (Å²) in [5.74, 6) is 0.0240. The van der Waals surface area contributed by atoms with Crippen molar-refractivity contribution >= 4 is 23.0 Å². The maximum absolute atomic E-state index is 13.3. The number of ether oxygens (including phenoxy) is 1. The highest BCUT2D eigenvalue weighted by Crippen LogP contribution is 2.38. The molecule has 0 saturated carbocycles. The van der Waals surface area contributed by atoms with E-state index in [1.54, 1.807) is 18.2 Å². The molecule has 0 fully saturated rings. The standard InChI is InChI=1S/C26H24N8O3/c1-15-10-11-19(12-16(15)2)34-26(36)23(22(31-34)14-37-3)28-27-21-9-5-8-20(24(21)35)17-6-4-7-18(13-17)25-29-32-33-30-25/h4-13,23,35H,14H2,1-3H3,(H,29,30,32,33). The van der Waals surface area contributed by atoms with E-state index in [0.29, 0.717) is 22.8 Å². The molecule has 186 valence electrons. The third-order valence-corrected chi connectivity index (χ3v) is 6.09. The molecule has 1 aliphatic heterocycles. The average molecular weight is 497 g/mol. The van der Waals surface area contributed by atoms with Crippen LogP contribution in [0.25, 0.3) is 22.5 Å². The summed E-state index contributed by atoms with van der Waals surface area (Å²) in [7, 11) is 1.53. The van der Waals surface area contributed by atoms with Gasteiger partial charge in [-0.25, -0.2) is 0 Å². The smallest absolute Gasteiger partial charge is 0.280 e. The number of amides is 1. The highest BCUT2D eigenvalue weighted by atomic mass is 16.5. The van der Waals surface area contributed by atoms with Crippen molar-refractivity contribution in [1.82, 2.24) is 20.6 Å². The van der Waals surface area contributed by atoms with Gasteiger partial charge in [-0.05, 0) is 60.0 Å². The van der Waals surface area contributed by atoms with Crippen LogP contribution < -0.4 is 5.01 Å². The molecule has 5 rings (SSSR count). The molecule has 2 heterocycles. The molecule has 2 N–H and O–H groups in total. The van der Waals surface area contributed by atoms with Gasteiger partial charge in [0.05, 0.1) is 12.3 Å². The van der Waals surface area contributed by atoms with Crippen LogP contribution in [0.4, 0.5) is 11.4 Å². The topological polar surface area (TPSA) is 141 Å². The number of carbonyl (C=O) groups excluding carboxylic acids is 1. The fraction of sp³-hybridized carbons (Fsp3) is 0.192. The number of phenolic OH excluding ortho intramolecular Hbond substituents is 1. The Bertz CT molecular complexity index is 1510. The first-order chi connectivity index (χ1) is 18.0. The largest absolute Gasteiger partial charge is 0.505 e. The number of H-pyrrole nitrogens is 1. The maximum atomic E-state index is 13.3. The number of aryl methyl sites for hydroxylation is 2. The molecule has 11 heteroatoms. The number of hydrogen-bond acceptors (Lipinski definition) is 9. The van der Waals surface area contributed by atoms with E-state index in [9.17, 15) is 9.90 Å². The number of phenols is 1. The van der Waals surface area contributed by atoms with Gasteiger partial charge in [0.2, 0.25) is 5.82 Å². The van der Waals surface area contributed by atoms with Gasteiger partial charge in [0.25, 0.3) is 5.91 Å². The van der Waals surface area contributed by atoms with E-state index in [-0.39, 0.29) is 24.0 Å². The number of hydrogen-bond donors (Lipinski definition) is 2. The minimum Gasteiger partial charge on any atom is -0.505 e.